The van der Waals surface area contributed by atoms with Crippen LogP contribution < -0.4 is 32.8 Å². The summed E-state index contributed by atoms with van der Waals surface area (Å²) in [5, 5.41) is 5.39. The zero-order valence-corrected chi connectivity index (χ0v) is 14.7. The molecule has 0 unspecified atom stereocenters. The van der Waals surface area contributed by atoms with Gasteiger partial charge in [0.25, 0.3) is 0 Å². The van der Waals surface area contributed by atoms with Gasteiger partial charge < -0.3 is 16.1 Å². The monoisotopic (exact) mass is 364 g/mol. The van der Waals surface area contributed by atoms with Gasteiger partial charge in [0.1, 0.15) is 6.42 Å². The fourth-order valence-electron chi connectivity index (χ4n) is 1.32. The molecule has 7 N–H and O–H groups in total. The highest BCUT2D eigenvalue weighted by Crippen LogP contribution is 2.19. The van der Waals surface area contributed by atoms with Crippen molar-refractivity contribution in [3.8, 4) is 0 Å². The van der Waals surface area contributed by atoms with Crippen LogP contribution >= 0.6 is 21.6 Å². The van der Waals surface area contributed by atoms with Crippen LogP contribution in [0, 0.1) is 0 Å². The summed E-state index contributed by atoms with van der Waals surface area (Å²) < 4.78 is 0. The van der Waals surface area contributed by atoms with Gasteiger partial charge in [0, 0.05) is 37.3 Å². The molecule has 0 fully saturated rings. The molecule has 0 radical (unpaired) electrons. The standard InChI is InChI=1S/C12H24N6O3S2/c1-9(18-14-2)7-10(19)15-3-5-22-23-6-4-16-11(20)8-12(21)17-13/h14,18H,1,3-8,13H2,2H3,(H,15,19)(H,16,20)(H,17,21). The lowest BCUT2D eigenvalue weighted by molar-refractivity contribution is -0.129. The number of carbonyl (C=O) groups is 3. The van der Waals surface area contributed by atoms with Crippen LogP contribution in [0.2, 0.25) is 0 Å². The van der Waals surface area contributed by atoms with Crippen molar-refractivity contribution < 1.29 is 14.4 Å². The van der Waals surface area contributed by atoms with E-state index in [9.17, 15) is 14.4 Å². The Hall–Kier alpha value is -1.43. The van der Waals surface area contributed by atoms with Crippen LogP contribution in [0.4, 0.5) is 0 Å². The molecule has 0 aromatic rings. The van der Waals surface area contributed by atoms with Gasteiger partial charge in [-0.25, -0.2) is 11.3 Å². The molecule has 0 saturated carbocycles. The molecular formula is C12H24N6O3S2. The average molecular weight is 364 g/mol. The Morgan fingerprint density at radius 3 is 1.96 bits per heavy atom. The number of nitrogens with one attached hydrogen (secondary N) is 5. The lowest BCUT2D eigenvalue weighted by atomic mass is 10.3. The maximum absolute atomic E-state index is 11.5. The van der Waals surface area contributed by atoms with Crippen molar-refractivity contribution in [1.82, 2.24) is 26.9 Å². The molecule has 132 valence electrons. The molecule has 3 amide bonds. The number of hydrogen-bond acceptors (Lipinski definition) is 8. The smallest absolute Gasteiger partial charge is 0.243 e. The quantitative estimate of drug-likeness (QED) is 0.0587. The summed E-state index contributed by atoms with van der Waals surface area (Å²) in [5.41, 5.74) is 7.93. The molecule has 0 heterocycles. The summed E-state index contributed by atoms with van der Waals surface area (Å²) >= 11 is 0. The first-order valence-corrected chi connectivity index (χ1v) is 9.36. The molecule has 0 atom stereocenters. The molecule has 11 heteroatoms. The van der Waals surface area contributed by atoms with E-state index in [0.29, 0.717) is 24.5 Å². The van der Waals surface area contributed by atoms with Crippen LogP contribution in [0.25, 0.3) is 0 Å². The van der Waals surface area contributed by atoms with E-state index in [2.05, 4.69) is 28.1 Å². The molecule has 0 bridgehead atoms. The SMILES string of the molecule is C=C(CC(=O)NCCSSCCNC(=O)CC(=O)NN)NNC. The van der Waals surface area contributed by atoms with Crippen molar-refractivity contribution in [2.24, 2.45) is 5.84 Å². The number of nitrogens with two attached hydrogens (primary N) is 1. The van der Waals surface area contributed by atoms with Gasteiger partial charge in [-0.05, 0) is 0 Å². The van der Waals surface area contributed by atoms with E-state index >= 15 is 0 Å². The number of hydrazine groups is 2. The number of amides is 3. The third kappa shape index (κ3) is 13.9. The van der Waals surface area contributed by atoms with E-state index in [1.807, 2.05) is 5.43 Å². The summed E-state index contributed by atoms with van der Waals surface area (Å²) in [6.07, 6.45) is -0.0465. The maximum atomic E-state index is 11.5. The summed E-state index contributed by atoms with van der Waals surface area (Å²) in [5.74, 6) is 5.37. The summed E-state index contributed by atoms with van der Waals surface area (Å²) in [7, 11) is 4.88. The van der Waals surface area contributed by atoms with Crippen LogP contribution in [0.1, 0.15) is 12.8 Å². The van der Waals surface area contributed by atoms with E-state index < -0.39 is 5.91 Å². The van der Waals surface area contributed by atoms with Gasteiger partial charge in [0.2, 0.25) is 17.7 Å². The first kappa shape index (κ1) is 21.6. The van der Waals surface area contributed by atoms with Crippen molar-refractivity contribution in [3.63, 3.8) is 0 Å². The largest absolute Gasteiger partial charge is 0.355 e. The fraction of sp³-hybridized carbons (Fsp3) is 0.583. The second-order valence-electron chi connectivity index (χ2n) is 4.24. The highest BCUT2D eigenvalue weighted by Gasteiger charge is 2.06. The fourth-order valence-corrected chi connectivity index (χ4v) is 3.13. The molecule has 0 spiro atoms. The molecule has 9 nitrogen and oxygen atoms in total. The molecule has 0 aliphatic carbocycles. The summed E-state index contributed by atoms with van der Waals surface area (Å²) in [6.45, 7) is 4.72. The van der Waals surface area contributed by atoms with Gasteiger partial charge in [-0.3, -0.25) is 19.8 Å². The van der Waals surface area contributed by atoms with Gasteiger partial charge in [0.15, 0.2) is 0 Å². The van der Waals surface area contributed by atoms with Crippen molar-refractivity contribution in [2.75, 3.05) is 31.6 Å². The lowest BCUT2D eigenvalue weighted by Crippen LogP contribution is -2.36. The zero-order valence-electron chi connectivity index (χ0n) is 13.1. The Morgan fingerprint density at radius 1 is 0.957 bits per heavy atom. The minimum atomic E-state index is -0.520. The third-order valence-electron chi connectivity index (χ3n) is 2.26. The molecule has 0 aliphatic rings. The maximum Gasteiger partial charge on any atom is 0.243 e. The first-order chi connectivity index (χ1) is 11.0. The average Bonchev–Trinajstić information content (AvgIpc) is 2.49. The normalized spacial score (nSPS) is 9.83. The number of carbonyl (C=O) groups excluding carboxylic acids is 3. The second kappa shape index (κ2) is 14.2. The van der Waals surface area contributed by atoms with Crippen molar-refractivity contribution >= 4 is 39.3 Å². The number of hydrogen-bond donors (Lipinski definition) is 6. The molecule has 23 heavy (non-hydrogen) atoms. The van der Waals surface area contributed by atoms with Crippen LogP contribution in [0.5, 0.6) is 0 Å². The predicted octanol–water partition coefficient (Wildman–Crippen LogP) is -1.39. The van der Waals surface area contributed by atoms with Crippen LogP contribution in [0.15, 0.2) is 12.3 Å². The molecule has 0 saturated heterocycles. The molecule has 0 aliphatic heterocycles. The van der Waals surface area contributed by atoms with Gasteiger partial charge in [-0.1, -0.05) is 28.2 Å². The third-order valence-corrected chi connectivity index (χ3v) is 4.66. The van der Waals surface area contributed by atoms with Crippen LogP contribution in [-0.4, -0.2) is 49.4 Å². The van der Waals surface area contributed by atoms with Gasteiger partial charge in [-0.15, -0.1) is 0 Å². The Morgan fingerprint density at radius 2 is 1.48 bits per heavy atom. The van der Waals surface area contributed by atoms with E-state index in [4.69, 9.17) is 5.84 Å². The first-order valence-electron chi connectivity index (χ1n) is 6.87. The van der Waals surface area contributed by atoms with E-state index in [-0.39, 0.29) is 24.7 Å². The molecule has 0 rings (SSSR count). The Labute approximate surface area is 143 Å². The van der Waals surface area contributed by atoms with Crippen molar-refractivity contribution in [1.29, 1.82) is 0 Å². The minimum Gasteiger partial charge on any atom is -0.355 e. The highest BCUT2D eigenvalue weighted by molar-refractivity contribution is 8.76. The van der Waals surface area contributed by atoms with Crippen molar-refractivity contribution in [3.05, 3.63) is 12.3 Å². The van der Waals surface area contributed by atoms with E-state index in [1.54, 1.807) is 28.6 Å². The Kier molecular flexibility index (Phi) is 13.3. The Balaban J connectivity index is 3.43. The van der Waals surface area contributed by atoms with Gasteiger partial charge in [-0.2, -0.15) is 0 Å². The predicted molar refractivity (Wildman–Crippen MR) is 93.8 cm³/mol. The summed E-state index contributed by atoms with van der Waals surface area (Å²) in [6, 6.07) is 0. The van der Waals surface area contributed by atoms with Crippen LogP contribution in [-0.2, 0) is 14.4 Å². The van der Waals surface area contributed by atoms with Crippen LogP contribution in [0.3, 0.4) is 0 Å². The van der Waals surface area contributed by atoms with E-state index in [1.165, 1.54) is 0 Å². The molecule has 0 aromatic heterocycles. The molecular weight excluding hydrogens is 340 g/mol. The minimum absolute atomic E-state index is 0.0891. The Bertz CT molecular complexity index is 408. The van der Waals surface area contributed by atoms with Gasteiger partial charge in [0.05, 0.1) is 6.42 Å². The molecule has 0 aromatic carbocycles. The van der Waals surface area contributed by atoms with Crippen molar-refractivity contribution in [2.45, 2.75) is 12.8 Å². The van der Waals surface area contributed by atoms with Gasteiger partial charge >= 0.3 is 0 Å². The topological polar surface area (TPSA) is 137 Å². The zero-order chi connectivity index (χ0) is 17.5. The highest BCUT2D eigenvalue weighted by atomic mass is 33.1. The lowest BCUT2D eigenvalue weighted by Gasteiger charge is -2.08. The number of rotatable bonds is 13. The summed E-state index contributed by atoms with van der Waals surface area (Å²) in [4.78, 5) is 33.6. The second-order valence-corrected chi connectivity index (χ2v) is 6.95. The van der Waals surface area contributed by atoms with E-state index in [0.717, 1.165) is 5.75 Å².